The molecule has 1 aromatic carbocycles. The Hall–Kier alpha value is -3.80. The zero-order chi connectivity index (χ0) is 18.2. The molecule has 5 rings (SSSR count). The Bertz CT molecular complexity index is 1320. The number of benzene rings is 1. The summed E-state index contributed by atoms with van der Waals surface area (Å²) in [6.07, 6.45) is 6.93. The lowest BCUT2D eigenvalue weighted by molar-refractivity contribution is 0.747. The molecule has 0 fully saturated rings. The third-order valence-electron chi connectivity index (χ3n) is 4.64. The molecule has 1 N–H and O–H groups in total. The van der Waals surface area contributed by atoms with E-state index in [1.807, 2.05) is 42.7 Å². The Kier molecular flexibility index (Phi) is 3.53. The molecule has 0 radical (unpaired) electrons. The molecular weight excluding hydrogens is 338 g/mol. The van der Waals surface area contributed by atoms with Crippen LogP contribution >= 0.6 is 0 Å². The van der Waals surface area contributed by atoms with E-state index in [0.29, 0.717) is 17.6 Å². The average Bonchev–Trinajstić information content (AvgIpc) is 3.19. The second-order valence-corrected chi connectivity index (χ2v) is 6.39. The van der Waals surface area contributed by atoms with E-state index in [0.717, 1.165) is 27.7 Å². The van der Waals surface area contributed by atoms with Crippen LogP contribution in [-0.2, 0) is 6.54 Å². The number of pyridine rings is 2. The van der Waals surface area contributed by atoms with Crippen LogP contribution in [0.1, 0.15) is 5.56 Å². The number of fused-ring (bicyclic) bond motifs is 2. The number of hydrogen-bond acceptors (Lipinski definition) is 4. The minimum absolute atomic E-state index is 0.0840. The van der Waals surface area contributed by atoms with Crippen molar-refractivity contribution in [1.29, 1.82) is 0 Å². The van der Waals surface area contributed by atoms with Crippen molar-refractivity contribution in [2.75, 3.05) is 0 Å². The minimum atomic E-state index is -0.0840. The van der Waals surface area contributed by atoms with Crippen LogP contribution < -0.4 is 5.56 Å². The normalized spacial score (nSPS) is 11.3. The topological polar surface area (TPSA) is 76.5 Å². The van der Waals surface area contributed by atoms with Crippen LogP contribution in [0.2, 0.25) is 0 Å². The SMILES string of the molecule is O=c1c2cccnc2ncn1Cc1ccc(-c2cnc3[nH]ccc3c2)cc1. The first kappa shape index (κ1) is 15.5. The molecule has 6 heteroatoms. The van der Waals surface area contributed by atoms with Gasteiger partial charge in [-0.25, -0.2) is 15.0 Å². The number of nitrogens with one attached hydrogen (secondary N) is 1. The molecule has 0 saturated heterocycles. The molecule has 6 nitrogen and oxygen atoms in total. The molecule has 0 amide bonds. The number of aromatic nitrogens is 5. The summed E-state index contributed by atoms with van der Waals surface area (Å²) in [6.45, 7) is 0.464. The number of aromatic amines is 1. The zero-order valence-electron chi connectivity index (χ0n) is 14.3. The highest BCUT2D eigenvalue weighted by Gasteiger charge is 2.06. The summed E-state index contributed by atoms with van der Waals surface area (Å²) in [5.41, 5.74) is 4.45. The molecule has 4 aromatic heterocycles. The molecule has 0 aliphatic rings. The van der Waals surface area contributed by atoms with E-state index in [-0.39, 0.29) is 5.56 Å². The van der Waals surface area contributed by atoms with Crippen LogP contribution in [0.4, 0.5) is 0 Å². The van der Waals surface area contributed by atoms with E-state index >= 15 is 0 Å². The molecule has 0 bridgehead atoms. The van der Waals surface area contributed by atoms with Crippen LogP contribution in [0.3, 0.4) is 0 Å². The maximum Gasteiger partial charge on any atom is 0.263 e. The second kappa shape index (κ2) is 6.17. The van der Waals surface area contributed by atoms with Crippen LogP contribution in [-0.4, -0.2) is 24.5 Å². The van der Waals surface area contributed by atoms with Crippen molar-refractivity contribution in [3.05, 3.63) is 89.4 Å². The highest BCUT2D eigenvalue weighted by Crippen LogP contribution is 2.22. The van der Waals surface area contributed by atoms with Crippen molar-refractivity contribution < 1.29 is 0 Å². The zero-order valence-corrected chi connectivity index (χ0v) is 14.3. The fourth-order valence-electron chi connectivity index (χ4n) is 3.21. The second-order valence-electron chi connectivity index (χ2n) is 6.39. The number of H-pyrrole nitrogens is 1. The lowest BCUT2D eigenvalue weighted by Gasteiger charge is -2.08. The Labute approximate surface area is 154 Å². The Morgan fingerprint density at radius 3 is 2.74 bits per heavy atom. The van der Waals surface area contributed by atoms with Crippen molar-refractivity contribution in [3.8, 4) is 11.1 Å². The van der Waals surface area contributed by atoms with Crippen molar-refractivity contribution >= 4 is 22.1 Å². The predicted molar refractivity (Wildman–Crippen MR) is 104 cm³/mol. The molecule has 0 saturated carbocycles. The Morgan fingerprint density at radius 2 is 1.85 bits per heavy atom. The number of nitrogens with zero attached hydrogens (tertiary/aromatic N) is 4. The van der Waals surface area contributed by atoms with Crippen molar-refractivity contribution in [2.24, 2.45) is 0 Å². The Morgan fingerprint density at radius 1 is 0.963 bits per heavy atom. The van der Waals surface area contributed by atoms with Gasteiger partial charge in [-0.2, -0.15) is 0 Å². The fraction of sp³-hybridized carbons (Fsp3) is 0.0476. The molecule has 27 heavy (non-hydrogen) atoms. The first-order valence-corrected chi connectivity index (χ1v) is 8.60. The molecule has 5 aromatic rings. The molecule has 4 heterocycles. The van der Waals surface area contributed by atoms with Gasteiger partial charge in [0.05, 0.1) is 11.9 Å². The van der Waals surface area contributed by atoms with E-state index in [1.165, 1.54) is 0 Å². The summed E-state index contributed by atoms with van der Waals surface area (Å²) in [6, 6.07) is 15.8. The van der Waals surface area contributed by atoms with Crippen LogP contribution in [0.25, 0.3) is 33.2 Å². The van der Waals surface area contributed by atoms with Gasteiger partial charge in [0, 0.05) is 29.5 Å². The van der Waals surface area contributed by atoms with Gasteiger partial charge in [0.2, 0.25) is 0 Å². The molecule has 0 atom stereocenters. The van der Waals surface area contributed by atoms with E-state index < -0.39 is 0 Å². The van der Waals surface area contributed by atoms with Gasteiger partial charge in [-0.3, -0.25) is 9.36 Å². The highest BCUT2D eigenvalue weighted by molar-refractivity contribution is 5.81. The standard InChI is InChI=1S/C21H15N5O/c27-21-18-2-1-8-22-20(18)25-13-26(21)12-14-3-5-15(6-4-14)17-10-16-7-9-23-19(16)24-11-17/h1-11,13H,12H2,(H,23,24). The molecule has 0 aliphatic carbocycles. The third kappa shape index (κ3) is 2.77. The Balaban J connectivity index is 1.45. The largest absolute Gasteiger partial charge is 0.346 e. The van der Waals surface area contributed by atoms with Crippen LogP contribution in [0, 0.1) is 0 Å². The van der Waals surface area contributed by atoms with Gasteiger partial charge in [0.25, 0.3) is 5.56 Å². The number of rotatable bonds is 3. The van der Waals surface area contributed by atoms with Gasteiger partial charge >= 0.3 is 0 Å². The summed E-state index contributed by atoms with van der Waals surface area (Å²) < 4.78 is 1.60. The van der Waals surface area contributed by atoms with Crippen molar-refractivity contribution in [3.63, 3.8) is 0 Å². The third-order valence-corrected chi connectivity index (χ3v) is 4.64. The maximum atomic E-state index is 12.6. The lowest BCUT2D eigenvalue weighted by Crippen LogP contribution is -2.21. The summed E-state index contributed by atoms with van der Waals surface area (Å²) in [5.74, 6) is 0. The lowest BCUT2D eigenvalue weighted by atomic mass is 10.0. The average molecular weight is 353 g/mol. The van der Waals surface area contributed by atoms with Gasteiger partial charge in [0.1, 0.15) is 12.0 Å². The smallest absolute Gasteiger partial charge is 0.263 e. The maximum absolute atomic E-state index is 12.6. The monoisotopic (exact) mass is 353 g/mol. The minimum Gasteiger partial charge on any atom is -0.346 e. The first-order chi connectivity index (χ1) is 13.3. The molecular formula is C21H15N5O. The van der Waals surface area contributed by atoms with Gasteiger partial charge in [-0.1, -0.05) is 24.3 Å². The van der Waals surface area contributed by atoms with E-state index in [2.05, 4.69) is 26.0 Å². The number of hydrogen-bond donors (Lipinski definition) is 1. The highest BCUT2D eigenvalue weighted by atomic mass is 16.1. The fourth-order valence-corrected chi connectivity index (χ4v) is 3.21. The van der Waals surface area contributed by atoms with E-state index in [9.17, 15) is 4.79 Å². The van der Waals surface area contributed by atoms with Crippen LogP contribution in [0.5, 0.6) is 0 Å². The quantitative estimate of drug-likeness (QED) is 0.539. The van der Waals surface area contributed by atoms with E-state index in [4.69, 9.17) is 0 Å². The molecule has 0 aliphatic heterocycles. The van der Waals surface area contributed by atoms with Crippen LogP contribution in [0.15, 0.2) is 78.2 Å². The summed E-state index contributed by atoms with van der Waals surface area (Å²) in [7, 11) is 0. The molecule has 0 spiro atoms. The predicted octanol–water partition coefficient (Wildman–Crippen LogP) is 3.38. The van der Waals surface area contributed by atoms with Crippen molar-refractivity contribution in [2.45, 2.75) is 6.54 Å². The van der Waals surface area contributed by atoms with Gasteiger partial charge in [0.15, 0.2) is 5.65 Å². The summed E-state index contributed by atoms with van der Waals surface area (Å²) in [4.78, 5) is 28.5. The van der Waals surface area contributed by atoms with E-state index in [1.54, 1.807) is 29.2 Å². The summed E-state index contributed by atoms with van der Waals surface area (Å²) in [5, 5.41) is 1.61. The summed E-state index contributed by atoms with van der Waals surface area (Å²) >= 11 is 0. The van der Waals surface area contributed by atoms with Gasteiger partial charge in [-0.15, -0.1) is 0 Å². The molecule has 130 valence electrons. The first-order valence-electron chi connectivity index (χ1n) is 8.60. The van der Waals surface area contributed by atoms with Gasteiger partial charge in [-0.05, 0) is 35.4 Å². The van der Waals surface area contributed by atoms with Crippen molar-refractivity contribution in [1.82, 2.24) is 24.5 Å². The van der Waals surface area contributed by atoms with Gasteiger partial charge < -0.3 is 4.98 Å². The molecule has 0 unspecified atom stereocenters.